The molecule has 1 aliphatic rings. The van der Waals surface area contributed by atoms with Crippen molar-refractivity contribution in [3.05, 3.63) is 58.7 Å². The summed E-state index contributed by atoms with van der Waals surface area (Å²) < 4.78 is 10.5. The zero-order valence-corrected chi connectivity index (χ0v) is 18.6. The van der Waals surface area contributed by atoms with Gasteiger partial charge in [-0.15, -0.1) is 0 Å². The van der Waals surface area contributed by atoms with Crippen LogP contribution in [0.1, 0.15) is 19.4 Å². The van der Waals surface area contributed by atoms with Crippen molar-refractivity contribution in [3.63, 3.8) is 0 Å². The number of anilines is 1. The summed E-state index contributed by atoms with van der Waals surface area (Å²) in [6, 6.07) is 12.3. The third-order valence-electron chi connectivity index (χ3n) is 4.50. The Morgan fingerprint density at radius 2 is 1.87 bits per heavy atom. The number of carbonyl (C=O) groups is 2. The van der Waals surface area contributed by atoms with Crippen LogP contribution in [-0.4, -0.2) is 36.3 Å². The van der Waals surface area contributed by atoms with Crippen LogP contribution < -0.4 is 14.4 Å². The molecule has 0 radical (unpaired) electrons. The Morgan fingerprint density at radius 3 is 2.47 bits per heavy atom. The van der Waals surface area contributed by atoms with E-state index in [0.29, 0.717) is 21.6 Å². The number of halogens is 1. The summed E-state index contributed by atoms with van der Waals surface area (Å²) in [6.07, 6.45) is 1.70. The summed E-state index contributed by atoms with van der Waals surface area (Å²) >= 11 is 7.36. The summed E-state index contributed by atoms with van der Waals surface area (Å²) in [4.78, 5) is 31.0. The minimum Gasteiger partial charge on any atom is -0.497 e. The van der Waals surface area contributed by atoms with Crippen LogP contribution >= 0.6 is 23.4 Å². The second kappa shape index (κ2) is 9.36. The molecule has 1 atom stereocenters. The highest BCUT2D eigenvalue weighted by Gasteiger charge is 2.34. The molecule has 2 aromatic carbocycles. The molecule has 6 nitrogen and oxygen atoms in total. The van der Waals surface area contributed by atoms with Gasteiger partial charge < -0.3 is 9.47 Å². The van der Waals surface area contributed by atoms with Crippen LogP contribution in [0.15, 0.2) is 53.2 Å². The molecule has 0 aromatic heterocycles. The average molecular weight is 445 g/mol. The number of hydrogen-bond acceptors (Lipinski definition) is 6. The molecular formula is C22H21ClN2O4S. The van der Waals surface area contributed by atoms with Gasteiger partial charge in [0, 0.05) is 6.07 Å². The number of aliphatic imine (C=N–C) groups is 1. The van der Waals surface area contributed by atoms with Crippen molar-refractivity contribution < 1.29 is 19.1 Å². The van der Waals surface area contributed by atoms with E-state index in [4.69, 9.17) is 21.1 Å². The normalized spacial score (nSPS) is 15.9. The number of benzene rings is 2. The fourth-order valence-corrected chi connectivity index (χ4v) is 3.81. The number of amidine groups is 1. The number of hydrogen-bond donors (Lipinski definition) is 0. The van der Waals surface area contributed by atoms with Crippen molar-refractivity contribution in [2.45, 2.75) is 19.1 Å². The monoisotopic (exact) mass is 444 g/mol. The predicted octanol–water partition coefficient (Wildman–Crippen LogP) is 4.81. The Morgan fingerprint density at radius 1 is 1.17 bits per heavy atom. The summed E-state index contributed by atoms with van der Waals surface area (Å²) in [5, 5.41) is 0.505. The van der Waals surface area contributed by atoms with Crippen LogP contribution in [0.4, 0.5) is 5.69 Å². The van der Waals surface area contributed by atoms with Gasteiger partial charge in [0.15, 0.2) is 5.17 Å². The van der Waals surface area contributed by atoms with E-state index in [0.717, 1.165) is 11.3 Å². The number of carbonyl (C=O) groups excluding carboxylic acids is 2. The maximum absolute atomic E-state index is 13.2. The number of methoxy groups -OCH3 is 2. The molecule has 0 spiro atoms. The lowest BCUT2D eigenvalue weighted by atomic mass is 10.2. The minimum atomic E-state index is -0.353. The molecule has 0 bridgehead atoms. The maximum Gasteiger partial charge on any atom is 0.283 e. The van der Waals surface area contributed by atoms with E-state index in [2.05, 4.69) is 4.99 Å². The van der Waals surface area contributed by atoms with Gasteiger partial charge in [0.25, 0.3) is 5.91 Å². The first-order valence-electron chi connectivity index (χ1n) is 9.13. The fourth-order valence-electron chi connectivity index (χ4n) is 2.69. The van der Waals surface area contributed by atoms with E-state index in [9.17, 15) is 9.59 Å². The smallest absolute Gasteiger partial charge is 0.283 e. The molecule has 0 aliphatic carbocycles. The maximum atomic E-state index is 13.2. The summed E-state index contributed by atoms with van der Waals surface area (Å²) in [5.41, 5.74) is 1.64. The van der Waals surface area contributed by atoms with E-state index in [1.54, 1.807) is 38.3 Å². The molecule has 8 heteroatoms. The van der Waals surface area contributed by atoms with Gasteiger partial charge in [-0.2, -0.15) is 0 Å². The molecule has 30 heavy (non-hydrogen) atoms. The summed E-state index contributed by atoms with van der Waals surface area (Å²) in [5.74, 6) is 0.864. The third kappa shape index (κ3) is 4.68. The van der Waals surface area contributed by atoms with Crippen LogP contribution in [0, 0.1) is 0 Å². The van der Waals surface area contributed by atoms with Gasteiger partial charge in [0.05, 0.1) is 30.2 Å². The van der Waals surface area contributed by atoms with Gasteiger partial charge in [0.1, 0.15) is 23.0 Å². The number of thioether (sulfide) groups is 1. The topological polar surface area (TPSA) is 68.2 Å². The zero-order valence-electron chi connectivity index (χ0n) is 17.0. The average Bonchev–Trinajstić information content (AvgIpc) is 3.03. The highest BCUT2D eigenvalue weighted by atomic mass is 35.5. The van der Waals surface area contributed by atoms with Crippen LogP contribution in [0.25, 0.3) is 6.08 Å². The van der Waals surface area contributed by atoms with Gasteiger partial charge in [-0.3, -0.25) is 14.5 Å². The molecule has 1 aliphatic heterocycles. The first-order valence-corrected chi connectivity index (χ1v) is 10.4. The lowest BCUT2D eigenvalue weighted by Gasteiger charge is -2.20. The highest BCUT2D eigenvalue weighted by Crippen LogP contribution is 2.35. The standard InChI is InChI=1S/C22H21ClN2O4S/c1-13(26)14(2)30-22-24-19(11-15-5-8-17(28-3)9-6-15)21(27)25(22)16-7-10-18(23)20(12-16)29-4/h5-12,14H,1-4H3. The number of Topliss-reactive ketones (excluding diaryl/α,β-unsaturated/α-hetero) is 1. The Labute approximate surface area is 184 Å². The van der Waals surface area contributed by atoms with E-state index >= 15 is 0 Å². The van der Waals surface area contributed by atoms with Crippen molar-refractivity contribution in [2.75, 3.05) is 19.1 Å². The quantitative estimate of drug-likeness (QED) is 0.598. The molecule has 1 unspecified atom stereocenters. The van der Waals surface area contributed by atoms with Crippen molar-refractivity contribution in [2.24, 2.45) is 4.99 Å². The lowest BCUT2D eigenvalue weighted by molar-refractivity contribution is -0.116. The number of amides is 1. The molecule has 3 rings (SSSR count). The van der Waals surface area contributed by atoms with Crippen LogP contribution in [0.3, 0.4) is 0 Å². The molecular weight excluding hydrogens is 424 g/mol. The van der Waals surface area contributed by atoms with Gasteiger partial charge in [-0.1, -0.05) is 35.5 Å². The Balaban J connectivity index is 2.02. The SMILES string of the molecule is COc1ccc(C=C2N=C(SC(C)C(C)=O)N(c3ccc(Cl)c(OC)c3)C2=O)cc1. The first-order chi connectivity index (χ1) is 14.3. The molecule has 0 saturated heterocycles. The molecule has 1 amide bonds. The fraction of sp³-hybridized carbons (Fsp3) is 0.227. The van der Waals surface area contributed by atoms with Gasteiger partial charge in [0.2, 0.25) is 0 Å². The van der Waals surface area contributed by atoms with E-state index in [1.807, 2.05) is 24.3 Å². The van der Waals surface area contributed by atoms with E-state index in [-0.39, 0.29) is 22.6 Å². The van der Waals surface area contributed by atoms with E-state index in [1.165, 1.54) is 30.7 Å². The second-order valence-corrected chi connectivity index (χ2v) is 8.24. The Bertz CT molecular complexity index is 1030. The van der Waals surface area contributed by atoms with Crippen LogP contribution in [0.2, 0.25) is 5.02 Å². The number of ether oxygens (including phenoxy) is 2. The Kier molecular flexibility index (Phi) is 6.84. The lowest BCUT2D eigenvalue weighted by Crippen LogP contribution is -2.32. The predicted molar refractivity (Wildman–Crippen MR) is 122 cm³/mol. The highest BCUT2D eigenvalue weighted by molar-refractivity contribution is 8.15. The minimum absolute atomic E-state index is 0.00336. The van der Waals surface area contributed by atoms with Crippen molar-refractivity contribution in [1.29, 1.82) is 0 Å². The number of rotatable bonds is 6. The van der Waals surface area contributed by atoms with Gasteiger partial charge >= 0.3 is 0 Å². The van der Waals surface area contributed by atoms with Crippen molar-refractivity contribution in [1.82, 2.24) is 0 Å². The van der Waals surface area contributed by atoms with Crippen molar-refractivity contribution in [3.8, 4) is 11.5 Å². The number of ketones is 1. The molecule has 0 saturated carbocycles. The largest absolute Gasteiger partial charge is 0.497 e. The Hall–Kier alpha value is -2.77. The van der Waals surface area contributed by atoms with Crippen LogP contribution in [-0.2, 0) is 9.59 Å². The summed E-state index contributed by atoms with van der Waals surface area (Å²) in [6.45, 7) is 3.30. The molecule has 156 valence electrons. The zero-order chi connectivity index (χ0) is 21.8. The molecule has 1 heterocycles. The molecule has 0 fully saturated rings. The molecule has 0 N–H and O–H groups in total. The molecule has 2 aromatic rings. The van der Waals surface area contributed by atoms with E-state index < -0.39 is 0 Å². The van der Waals surface area contributed by atoms with Crippen LogP contribution in [0.5, 0.6) is 11.5 Å². The second-order valence-electron chi connectivity index (χ2n) is 6.53. The van der Waals surface area contributed by atoms with Gasteiger partial charge in [-0.25, -0.2) is 4.99 Å². The first kappa shape index (κ1) is 21.9. The van der Waals surface area contributed by atoms with Crippen molar-refractivity contribution >= 4 is 52.0 Å². The number of nitrogens with zero attached hydrogens (tertiary/aromatic N) is 2. The summed E-state index contributed by atoms with van der Waals surface area (Å²) in [7, 11) is 3.10. The third-order valence-corrected chi connectivity index (χ3v) is 5.98. The van der Waals surface area contributed by atoms with Gasteiger partial charge in [-0.05, 0) is 49.8 Å².